The van der Waals surface area contributed by atoms with Crippen LogP contribution in [0.3, 0.4) is 0 Å². The number of amides is 2. The van der Waals surface area contributed by atoms with Gasteiger partial charge in [0.2, 0.25) is 5.91 Å². The molecule has 0 aliphatic heterocycles. The third kappa shape index (κ3) is 7.66. The molecule has 2 atom stereocenters. The number of nitrogens with zero attached hydrogens (tertiary/aromatic N) is 1. The van der Waals surface area contributed by atoms with Crippen molar-refractivity contribution in [2.24, 2.45) is 0 Å². The Labute approximate surface area is 187 Å². The van der Waals surface area contributed by atoms with Gasteiger partial charge in [0.25, 0.3) is 5.69 Å². The number of rotatable bonds is 8. The van der Waals surface area contributed by atoms with E-state index >= 15 is 0 Å². The molecule has 0 unspecified atom stereocenters. The van der Waals surface area contributed by atoms with Crippen LogP contribution < -0.4 is 10.6 Å². The van der Waals surface area contributed by atoms with Crippen molar-refractivity contribution in [3.05, 3.63) is 69.8 Å². The predicted molar refractivity (Wildman–Crippen MR) is 120 cm³/mol. The smallest absolute Gasteiger partial charge is 0.408 e. The molecule has 0 fully saturated rings. The van der Waals surface area contributed by atoms with E-state index in [1.165, 1.54) is 12.1 Å². The van der Waals surface area contributed by atoms with Gasteiger partial charge in [0, 0.05) is 12.1 Å². The minimum Gasteiger partial charge on any atom is -0.444 e. The maximum absolute atomic E-state index is 13.1. The first-order valence-electron chi connectivity index (χ1n) is 10.2. The Balaban J connectivity index is 2.20. The van der Waals surface area contributed by atoms with Gasteiger partial charge in [-0.05, 0) is 45.7 Å². The quantitative estimate of drug-likeness (QED) is 0.463. The van der Waals surface area contributed by atoms with Gasteiger partial charge in [-0.1, -0.05) is 36.4 Å². The maximum atomic E-state index is 13.1. The fourth-order valence-electron chi connectivity index (χ4n) is 2.80. The molecule has 9 nitrogen and oxygen atoms in total. The zero-order valence-corrected chi connectivity index (χ0v) is 18.9. The molecule has 0 bridgehead atoms. The second kappa shape index (κ2) is 10.7. The Kier molecular flexibility index (Phi) is 8.31. The highest BCUT2D eigenvalue weighted by Gasteiger charge is 2.30. The number of anilines is 1. The van der Waals surface area contributed by atoms with Crippen LogP contribution in [0.25, 0.3) is 0 Å². The van der Waals surface area contributed by atoms with Crippen LogP contribution in [-0.2, 0) is 20.9 Å². The van der Waals surface area contributed by atoms with Gasteiger partial charge in [-0.2, -0.15) is 0 Å². The molecule has 2 amide bonds. The Morgan fingerprint density at radius 2 is 1.78 bits per heavy atom. The number of carbonyl (C=O) groups is 2. The van der Waals surface area contributed by atoms with E-state index in [0.29, 0.717) is 5.56 Å². The molecule has 0 aliphatic rings. The first-order valence-corrected chi connectivity index (χ1v) is 10.2. The fourth-order valence-corrected chi connectivity index (χ4v) is 2.80. The van der Waals surface area contributed by atoms with Gasteiger partial charge in [-0.3, -0.25) is 14.9 Å². The molecule has 0 spiro atoms. The summed E-state index contributed by atoms with van der Waals surface area (Å²) in [6.45, 7) is 8.74. The van der Waals surface area contributed by atoms with Crippen molar-refractivity contribution in [3.63, 3.8) is 0 Å². The molecule has 2 rings (SSSR count). The molecule has 2 N–H and O–H groups in total. The van der Waals surface area contributed by atoms with Crippen LogP contribution in [0.1, 0.15) is 38.8 Å². The molecule has 0 heterocycles. The molecular formula is C23H29N3O6. The normalized spacial score (nSPS) is 13.0. The minimum atomic E-state index is -1.10. The number of benzene rings is 2. The Bertz CT molecular complexity index is 956. The number of non-ortho nitro benzene ring substituents is 1. The van der Waals surface area contributed by atoms with Gasteiger partial charge in [0.15, 0.2) is 0 Å². The van der Waals surface area contributed by atoms with Crippen LogP contribution in [0, 0.1) is 17.0 Å². The van der Waals surface area contributed by atoms with Crippen molar-refractivity contribution < 1.29 is 24.0 Å². The lowest BCUT2D eigenvalue weighted by atomic mass is 10.1. The number of carbonyl (C=O) groups excluding carboxylic acids is 2. The average molecular weight is 444 g/mol. The third-order valence-electron chi connectivity index (χ3n) is 4.47. The first-order chi connectivity index (χ1) is 15.0. The summed E-state index contributed by atoms with van der Waals surface area (Å²) in [6, 6.07) is 12.5. The Hall–Kier alpha value is -3.46. The lowest BCUT2D eigenvalue weighted by Crippen LogP contribution is -2.52. The molecule has 2 aromatic rings. The standard InChI is InChI=1S/C23H29N3O6/c1-15-11-12-18(26(29)30)13-19(15)24-21(27)20(25-22(28)32-23(3,4)5)16(2)31-14-17-9-7-6-8-10-17/h6-13,16,20H,14H2,1-5H3,(H,24,27)(H,25,28)/t16-,20-/m1/s1. The second-order valence-corrected chi connectivity index (χ2v) is 8.37. The van der Waals surface area contributed by atoms with Crippen LogP contribution in [-0.4, -0.2) is 34.7 Å². The van der Waals surface area contributed by atoms with Crippen LogP contribution in [0.2, 0.25) is 0 Å². The summed E-state index contributed by atoms with van der Waals surface area (Å²) in [5.41, 5.74) is 0.907. The number of nitro benzene ring substituents is 1. The van der Waals surface area contributed by atoms with Crippen molar-refractivity contribution in [1.82, 2.24) is 5.32 Å². The van der Waals surface area contributed by atoms with E-state index < -0.39 is 34.7 Å². The molecule has 172 valence electrons. The van der Waals surface area contributed by atoms with Gasteiger partial charge in [0.05, 0.1) is 23.3 Å². The van der Waals surface area contributed by atoms with Crippen LogP contribution in [0.5, 0.6) is 0 Å². The number of nitrogens with one attached hydrogen (secondary N) is 2. The molecular weight excluding hydrogens is 414 g/mol. The SMILES string of the molecule is Cc1ccc([N+](=O)[O-])cc1NC(=O)[C@H](NC(=O)OC(C)(C)C)[C@@H](C)OCc1ccccc1. The van der Waals surface area contributed by atoms with Crippen LogP contribution in [0.4, 0.5) is 16.2 Å². The number of hydrogen-bond donors (Lipinski definition) is 2. The highest BCUT2D eigenvalue weighted by Crippen LogP contribution is 2.22. The van der Waals surface area contributed by atoms with Crippen molar-refractivity contribution >= 4 is 23.4 Å². The summed E-state index contributed by atoms with van der Waals surface area (Å²) >= 11 is 0. The van der Waals surface area contributed by atoms with Crippen LogP contribution >= 0.6 is 0 Å². The van der Waals surface area contributed by atoms with Gasteiger partial charge < -0.3 is 20.1 Å². The first kappa shape index (κ1) is 24.8. The molecule has 0 aliphatic carbocycles. The largest absolute Gasteiger partial charge is 0.444 e. The topological polar surface area (TPSA) is 120 Å². The van der Waals surface area contributed by atoms with Crippen molar-refractivity contribution in [1.29, 1.82) is 0 Å². The Morgan fingerprint density at radius 1 is 1.12 bits per heavy atom. The highest BCUT2D eigenvalue weighted by molar-refractivity contribution is 5.97. The average Bonchev–Trinajstić information content (AvgIpc) is 2.71. The Morgan fingerprint density at radius 3 is 2.38 bits per heavy atom. The second-order valence-electron chi connectivity index (χ2n) is 8.37. The zero-order chi connectivity index (χ0) is 23.9. The summed E-state index contributed by atoms with van der Waals surface area (Å²) < 4.78 is 11.1. The van der Waals surface area contributed by atoms with E-state index in [-0.39, 0.29) is 18.0 Å². The van der Waals surface area contributed by atoms with E-state index in [0.717, 1.165) is 5.56 Å². The van der Waals surface area contributed by atoms with Gasteiger partial charge in [0.1, 0.15) is 11.6 Å². The lowest BCUT2D eigenvalue weighted by molar-refractivity contribution is -0.384. The molecule has 0 saturated heterocycles. The minimum absolute atomic E-state index is 0.157. The summed E-state index contributed by atoms with van der Waals surface area (Å²) in [5.74, 6) is -0.583. The van der Waals surface area contributed by atoms with E-state index in [1.807, 2.05) is 30.3 Å². The number of ether oxygens (including phenoxy) is 2. The van der Waals surface area contributed by atoms with Gasteiger partial charge in [-0.15, -0.1) is 0 Å². The number of nitro groups is 1. The van der Waals surface area contributed by atoms with E-state index in [2.05, 4.69) is 10.6 Å². The third-order valence-corrected chi connectivity index (χ3v) is 4.47. The summed E-state index contributed by atoms with van der Waals surface area (Å²) in [7, 11) is 0. The maximum Gasteiger partial charge on any atom is 0.408 e. The van der Waals surface area contributed by atoms with Crippen LogP contribution in [0.15, 0.2) is 48.5 Å². The molecule has 32 heavy (non-hydrogen) atoms. The summed E-state index contributed by atoms with van der Waals surface area (Å²) in [4.78, 5) is 36.0. The molecule has 2 aromatic carbocycles. The van der Waals surface area contributed by atoms with Gasteiger partial charge in [-0.25, -0.2) is 4.79 Å². The number of aryl methyl sites for hydroxylation is 1. The summed E-state index contributed by atoms with van der Waals surface area (Å²) in [6.07, 6.45) is -1.50. The fraction of sp³-hybridized carbons (Fsp3) is 0.391. The van der Waals surface area contributed by atoms with E-state index in [4.69, 9.17) is 9.47 Å². The van der Waals surface area contributed by atoms with Crippen molar-refractivity contribution in [2.75, 3.05) is 5.32 Å². The van der Waals surface area contributed by atoms with Crippen molar-refractivity contribution in [3.8, 4) is 0 Å². The number of alkyl carbamates (subject to hydrolysis) is 1. The zero-order valence-electron chi connectivity index (χ0n) is 18.9. The summed E-state index contributed by atoms with van der Waals surface area (Å²) in [5, 5.41) is 16.3. The lowest BCUT2D eigenvalue weighted by Gasteiger charge is -2.27. The molecule has 0 aromatic heterocycles. The number of hydrogen-bond acceptors (Lipinski definition) is 6. The molecule has 0 saturated carbocycles. The van der Waals surface area contributed by atoms with Crippen molar-refractivity contribution in [2.45, 2.75) is 59.0 Å². The van der Waals surface area contributed by atoms with Gasteiger partial charge >= 0.3 is 6.09 Å². The van der Waals surface area contributed by atoms with E-state index in [9.17, 15) is 19.7 Å². The molecule has 9 heteroatoms. The predicted octanol–water partition coefficient (Wildman–Crippen LogP) is 4.34. The molecule has 0 radical (unpaired) electrons. The van der Waals surface area contributed by atoms with E-state index in [1.54, 1.807) is 40.7 Å². The monoisotopic (exact) mass is 443 g/mol. The highest BCUT2D eigenvalue weighted by atomic mass is 16.6.